The lowest BCUT2D eigenvalue weighted by molar-refractivity contribution is -0.123. The maximum atomic E-state index is 11.5. The molecule has 2 rings (SSSR count). The van der Waals surface area contributed by atoms with Gasteiger partial charge in [0.15, 0.2) is 0 Å². The SMILES string of the molecule is CC1CC(=O)NC(=O)N(C)C2CCC12. The summed E-state index contributed by atoms with van der Waals surface area (Å²) in [7, 11) is 1.78. The van der Waals surface area contributed by atoms with Crippen LogP contribution < -0.4 is 5.32 Å². The predicted molar refractivity (Wildman–Crippen MR) is 51.6 cm³/mol. The molecule has 1 heterocycles. The van der Waals surface area contributed by atoms with Crippen molar-refractivity contribution in [3.05, 3.63) is 0 Å². The zero-order valence-electron chi connectivity index (χ0n) is 8.62. The molecule has 2 aliphatic rings. The molecule has 1 aliphatic carbocycles. The van der Waals surface area contributed by atoms with Gasteiger partial charge in [0.2, 0.25) is 5.91 Å². The highest BCUT2D eigenvalue weighted by molar-refractivity contribution is 5.94. The van der Waals surface area contributed by atoms with Gasteiger partial charge < -0.3 is 4.90 Å². The third-order valence-electron chi connectivity index (χ3n) is 3.59. The first-order valence-corrected chi connectivity index (χ1v) is 5.16. The summed E-state index contributed by atoms with van der Waals surface area (Å²) < 4.78 is 0. The highest BCUT2D eigenvalue weighted by Crippen LogP contribution is 2.39. The second-order valence-corrected chi connectivity index (χ2v) is 4.45. The summed E-state index contributed by atoms with van der Waals surface area (Å²) in [5, 5.41) is 2.39. The highest BCUT2D eigenvalue weighted by atomic mass is 16.2. The van der Waals surface area contributed by atoms with Crippen LogP contribution in [0.2, 0.25) is 0 Å². The van der Waals surface area contributed by atoms with Crippen LogP contribution in [0.3, 0.4) is 0 Å². The average Bonchev–Trinajstić information content (AvgIpc) is 1.99. The number of carbonyl (C=O) groups is 2. The molecule has 3 atom stereocenters. The summed E-state index contributed by atoms with van der Waals surface area (Å²) in [4.78, 5) is 24.5. The molecule has 2 fully saturated rings. The smallest absolute Gasteiger partial charge is 0.324 e. The fraction of sp³-hybridized carbons (Fsp3) is 0.800. The normalized spacial score (nSPS) is 37.9. The van der Waals surface area contributed by atoms with Crippen LogP contribution in [0.5, 0.6) is 0 Å². The van der Waals surface area contributed by atoms with Gasteiger partial charge in [0.25, 0.3) is 0 Å². The van der Waals surface area contributed by atoms with Crippen LogP contribution in [-0.4, -0.2) is 29.9 Å². The van der Waals surface area contributed by atoms with Crippen LogP contribution in [0, 0.1) is 11.8 Å². The largest absolute Gasteiger partial charge is 0.324 e. The number of hydrogen-bond acceptors (Lipinski definition) is 2. The number of fused-ring (bicyclic) bond motifs is 1. The standard InChI is InChI=1S/C10H16N2O2/c1-6-5-9(13)11-10(14)12(2)8-4-3-7(6)8/h6-8H,3-5H2,1-2H3,(H,11,13,14). The molecule has 4 nitrogen and oxygen atoms in total. The van der Waals surface area contributed by atoms with E-state index in [2.05, 4.69) is 12.2 Å². The van der Waals surface area contributed by atoms with Crippen LogP contribution in [0.4, 0.5) is 4.79 Å². The lowest BCUT2D eigenvalue weighted by Crippen LogP contribution is -2.56. The van der Waals surface area contributed by atoms with Gasteiger partial charge in [0.1, 0.15) is 0 Å². The first-order chi connectivity index (χ1) is 6.59. The molecule has 0 aromatic heterocycles. The van der Waals surface area contributed by atoms with E-state index in [0.29, 0.717) is 24.3 Å². The summed E-state index contributed by atoms with van der Waals surface area (Å²) in [5.74, 6) is 0.777. The van der Waals surface area contributed by atoms with Crippen LogP contribution in [-0.2, 0) is 4.79 Å². The van der Waals surface area contributed by atoms with E-state index < -0.39 is 0 Å². The molecule has 1 saturated carbocycles. The first-order valence-electron chi connectivity index (χ1n) is 5.16. The predicted octanol–water partition coefficient (Wildman–Crippen LogP) is 0.973. The van der Waals surface area contributed by atoms with E-state index in [9.17, 15) is 9.59 Å². The topological polar surface area (TPSA) is 49.4 Å². The number of nitrogens with one attached hydrogen (secondary N) is 1. The molecule has 0 spiro atoms. The first kappa shape index (κ1) is 9.49. The van der Waals surface area contributed by atoms with Crippen molar-refractivity contribution in [2.45, 2.75) is 32.2 Å². The van der Waals surface area contributed by atoms with Gasteiger partial charge in [-0.25, -0.2) is 4.79 Å². The van der Waals surface area contributed by atoms with E-state index in [1.807, 2.05) is 0 Å². The molecule has 1 saturated heterocycles. The second kappa shape index (κ2) is 3.26. The Labute approximate surface area is 83.6 Å². The van der Waals surface area contributed by atoms with Crippen molar-refractivity contribution >= 4 is 11.9 Å². The molecule has 1 aliphatic heterocycles. The quantitative estimate of drug-likeness (QED) is 0.627. The van der Waals surface area contributed by atoms with Crippen molar-refractivity contribution in [3.63, 3.8) is 0 Å². The number of nitrogens with zero attached hydrogens (tertiary/aromatic N) is 1. The van der Waals surface area contributed by atoms with Gasteiger partial charge in [-0.2, -0.15) is 0 Å². The third kappa shape index (κ3) is 1.38. The zero-order valence-corrected chi connectivity index (χ0v) is 8.62. The molecule has 1 N–H and O–H groups in total. The fourth-order valence-corrected chi connectivity index (χ4v) is 2.51. The molecule has 3 amide bonds. The Bertz CT molecular complexity index is 277. The Morgan fingerprint density at radius 2 is 2.07 bits per heavy atom. The zero-order chi connectivity index (χ0) is 10.3. The van der Waals surface area contributed by atoms with Gasteiger partial charge >= 0.3 is 6.03 Å². The number of imide groups is 1. The van der Waals surface area contributed by atoms with E-state index in [1.54, 1.807) is 11.9 Å². The molecule has 0 bridgehead atoms. The van der Waals surface area contributed by atoms with Crippen LogP contribution >= 0.6 is 0 Å². The average molecular weight is 196 g/mol. The van der Waals surface area contributed by atoms with Crippen LogP contribution in [0.15, 0.2) is 0 Å². The molecule has 4 heteroatoms. The van der Waals surface area contributed by atoms with Gasteiger partial charge in [0, 0.05) is 19.5 Å². The van der Waals surface area contributed by atoms with Crippen molar-refractivity contribution < 1.29 is 9.59 Å². The molecular formula is C10H16N2O2. The van der Waals surface area contributed by atoms with E-state index in [0.717, 1.165) is 12.8 Å². The molecular weight excluding hydrogens is 180 g/mol. The minimum absolute atomic E-state index is 0.139. The molecule has 3 unspecified atom stereocenters. The van der Waals surface area contributed by atoms with Gasteiger partial charge in [-0.1, -0.05) is 6.92 Å². The van der Waals surface area contributed by atoms with E-state index in [1.165, 1.54) is 0 Å². The fourth-order valence-electron chi connectivity index (χ4n) is 2.51. The molecule has 0 aromatic rings. The minimum atomic E-state index is -0.239. The van der Waals surface area contributed by atoms with Gasteiger partial charge in [-0.05, 0) is 24.7 Å². The van der Waals surface area contributed by atoms with Gasteiger partial charge in [-0.15, -0.1) is 0 Å². The number of hydrogen-bond donors (Lipinski definition) is 1. The van der Waals surface area contributed by atoms with E-state index in [-0.39, 0.29) is 11.9 Å². The number of amides is 3. The Kier molecular flexibility index (Phi) is 2.21. The highest BCUT2D eigenvalue weighted by Gasteiger charge is 2.41. The lowest BCUT2D eigenvalue weighted by Gasteiger charge is -2.46. The summed E-state index contributed by atoms with van der Waals surface area (Å²) in [6.07, 6.45) is 2.71. The minimum Gasteiger partial charge on any atom is -0.324 e. The van der Waals surface area contributed by atoms with Crippen molar-refractivity contribution in [1.29, 1.82) is 0 Å². The monoisotopic (exact) mass is 196 g/mol. The molecule has 78 valence electrons. The lowest BCUT2D eigenvalue weighted by atomic mass is 9.70. The summed E-state index contributed by atoms with van der Waals surface area (Å²) in [6.45, 7) is 2.10. The number of urea groups is 1. The molecule has 14 heavy (non-hydrogen) atoms. The maximum absolute atomic E-state index is 11.5. The second-order valence-electron chi connectivity index (χ2n) is 4.45. The maximum Gasteiger partial charge on any atom is 0.324 e. The van der Waals surface area contributed by atoms with Crippen LogP contribution in [0.25, 0.3) is 0 Å². The van der Waals surface area contributed by atoms with E-state index >= 15 is 0 Å². The summed E-state index contributed by atoms with van der Waals surface area (Å²) in [5.41, 5.74) is 0. The molecule has 0 radical (unpaired) electrons. The molecule has 0 aromatic carbocycles. The van der Waals surface area contributed by atoms with Crippen molar-refractivity contribution in [3.8, 4) is 0 Å². The summed E-state index contributed by atoms with van der Waals surface area (Å²) >= 11 is 0. The third-order valence-corrected chi connectivity index (χ3v) is 3.59. The van der Waals surface area contributed by atoms with Crippen molar-refractivity contribution in [1.82, 2.24) is 10.2 Å². The van der Waals surface area contributed by atoms with Crippen molar-refractivity contribution in [2.75, 3.05) is 7.05 Å². The van der Waals surface area contributed by atoms with Gasteiger partial charge in [0.05, 0.1) is 0 Å². The van der Waals surface area contributed by atoms with E-state index in [4.69, 9.17) is 0 Å². The Morgan fingerprint density at radius 3 is 2.64 bits per heavy atom. The van der Waals surface area contributed by atoms with Gasteiger partial charge in [-0.3, -0.25) is 10.1 Å². The Morgan fingerprint density at radius 1 is 1.36 bits per heavy atom. The Balaban J connectivity index is 2.16. The van der Waals surface area contributed by atoms with Crippen LogP contribution in [0.1, 0.15) is 26.2 Å². The Hall–Kier alpha value is -1.06. The number of carbonyl (C=O) groups excluding carboxylic acids is 2. The van der Waals surface area contributed by atoms with Crippen molar-refractivity contribution in [2.24, 2.45) is 11.8 Å². The summed E-state index contributed by atoms with van der Waals surface area (Å²) in [6, 6.07) is 0.106. The number of rotatable bonds is 0.